The van der Waals surface area contributed by atoms with Gasteiger partial charge in [0.15, 0.2) is 5.82 Å². The van der Waals surface area contributed by atoms with E-state index in [9.17, 15) is 9.59 Å². The molecule has 1 unspecified atom stereocenters. The van der Waals surface area contributed by atoms with E-state index in [0.717, 1.165) is 69.2 Å². The molecule has 0 bridgehead atoms. The van der Waals surface area contributed by atoms with Gasteiger partial charge in [-0.2, -0.15) is 0 Å². The van der Waals surface area contributed by atoms with Crippen molar-refractivity contribution in [2.75, 3.05) is 39.3 Å². The average Bonchev–Trinajstić information content (AvgIpc) is 3.58. The quantitative estimate of drug-likeness (QED) is 0.620. The molecule has 0 spiro atoms. The van der Waals surface area contributed by atoms with Gasteiger partial charge in [0.2, 0.25) is 5.91 Å². The minimum atomic E-state index is -0.280. The van der Waals surface area contributed by atoms with Gasteiger partial charge >= 0.3 is 0 Å². The molecule has 1 aromatic carbocycles. The Hall–Kier alpha value is -2.87. The van der Waals surface area contributed by atoms with Gasteiger partial charge in [-0.25, -0.2) is 9.82 Å². The second-order valence-corrected chi connectivity index (χ2v) is 10.7. The number of hydrogen-bond acceptors (Lipinski definition) is 4. The topological polar surface area (TPSA) is 71.7 Å². The summed E-state index contributed by atoms with van der Waals surface area (Å²) in [5.74, 6) is -0.0836. The van der Waals surface area contributed by atoms with Crippen LogP contribution in [0.4, 0.5) is 4.39 Å². The molecule has 2 N–H and O–H groups in total. The van der Waals surface area contributed by atoms with Crippen LogP contribution < -0.4 is 5.43 Å². The number of aromatic amines is 1. The van der Waals surface area contributed by atoms with Gasteiger partial charge in [-0.05, 0) is 55.2 Å². The van der Waals surface area contributed by atoms with Gasteiger partial charge in [-0.1, -0.05) is 26.0 Å². The Morgan fingerprint density at radius 3 is 2.58 bits per heavy atom. The molecule has 2 aromatic rings. The molecule has 4 heterocycles. The number of amides is 2. The molecule has 2 amide bonds. The van der Waals surface area contributed by atoms with Crippen LogP contribution in [0.3, 0.4) is 0 Å². The lowest BCUT2D eigenvalue weighted by atomic mass is 9.86. The van der Waals surface area contributed by atoms with Crippen molar-refractivity contribution in [1.29, 1.82) is 0 Å². The Bertz CT molecular complexity index is 1150. The number of aromatic nitrogens is 1. The first kappa shape index (κ1) is 24.8. The summed E-state index contributed by atoms with van der Waals surface area (Å²) in [4.78, 5) is 33.0. The van der Waals surface area contributed by atoms with Crippen LogP contribution in [-0.2, 0) is 4.79 Å². The summed E-state index contributed by atoms with van der Waals surface area (Å²) >= 11 is 0. The lowest BCUT2D eigenvalue weighted by Crippen LogP contribution is -2.41. The molecule has 1 atom stereocenters. The zero-order chi connectivity index (χ0) is 25.2. The number of piperidine rings is 2. The summed E-state index contributed by atoms with van der Waals surface area (Å²) in [5.41, 5.74) is 5.79. The zero-order valence-electron chi connectivity index (χ0n) is 21.5. The van der Waals surface area contributed by atoms with Crippen molar-refractivity contribution in [3.05, 3.63) is 47.0 Å². The normalized spacial score (nSPS) is 20.7. The molecular formula is C28H38FN5O2. The number of hydrogen-bond donors (Lipinski definition) is 2. The summed E-state index contributed by atoms with van der Waals surface area (Å²) in [6.07, 6.45) is 9.31. The fourth-order valence-electron chi connectivity index (χ4n) is 5.85. The molecule has 0 saturated carbocycles. The van der Waals surface area contributed by atoms with E-state index in [1.807, 2.05) is 39.2 Å². The standard InChI is InChI=1S/C28H38FN5O2/c1-19(2)21-16-22(20-8-6-13-33(18-20)25(35)9-15-34-14-7-10-30-34)26(29)27-23(21)17-24(31-27)28(36)32-11-4-3-5-12-32/h7,14,16-17,19-20,30-31H,3-6,8-13,15,18H2,1-2H3. The van der Waals surface area contributed by atoms with Crippen LogP contribution in [0.1, 0.15) is 85.8 Å². The molecule has 36 heavy (non-hydrogen) atoms. The van der Waals surface area contributed by atoms with Gasteiger partial charge in [0.25, 0.3) is 5.91 Å². The third kappa shape index (κ3) is 5.01. The summed E-state index contributed by atoms with van der Waals surface area (Å²) in [6, 6.07) is 3.83. The number of fused-ring (bicyclic) bond motifs is 1. The number of hydrazine groups is 1. The summed E-state index contributed by atoms with van der Waals surface area (Å²) < 4.78 is 16.0. The van der Waals surface area contributed by atoms with Crippen LogP contribution in [0.25, 0.3) is 10.9 Å². The van der Waals surface area contributed by atoms with E-state index in [1.54, 1.807) is 0 Å². The Kier molecular flexibility index (Phi) is 7.32. The predicted octanol–water partition coefficient (Wildman–Crippen LogP) is 4.49. The third-order valence-electron chi connectivity index (χ3n) is 7.89. The maximum absolute atomic E-state index is 16.0. The van der Waals surface area contributed by atoms with E-state index in [4.69, 9.17) is 0 Å². The van der Waals surface area contributed by atoms with Crippen LogP contribution in [0.2, 0.25) is 0 Å². The SMILES string of the molecule is CC(C)c1cc(C2CCCN(C(=O)CCN3C=CCN3)C2)c(F)c2[nH]c(C(=O)N3CCCCC3)cc12. The first-order valence-electron chi connectivity index (χ1n) is 13.5. The number of H-pyrrole nitrogens is 1. The average molecular weight is 496 g/mol. The van der Waals surface area contributed by atoms with Crippen molar-refractivity contribution in [3.63, 3.8) is 0 Å². The summed E-state index contributed by atoms with van der Waals surface area (Å²) in [7, 11) is 0. The zero-order valence-corrected chi connectivity index (χ0v) is 21.5. The van der Waals surface area contributed by atoms with E-state index in [-0.39, 0.29) is 29.5 Å². The van der Waals surface area contributed by atoms with Crippen molar-refractivity contribution in [2.45, 2.75) is 64.2 Å². The molecule has 5 rings (SSSR count). The van der Waals surface area contributed by atoms with Gasteiger partial charge in [-0.15, -0.1) is 0 Å². The largest absolute Gasteiger partial charge is 0.348 e. The van der Waals surface area contributed by atoms with Gasteiger partial charge in [0.05, 0.1) is 5.52 Å². The molecule has 2 saturated heterocycles. The van der Waals surface area contributed by atoms with E-state index in [1.165, 1.54) is 0 Å². The molecule has 0 radical (unpaired) electrons. The van der Waals surface area contributed by atoms with Crippen LogP contribution in [-0.4, -0.2) is 70.9 Å². The lowest BCUT2D eigenvalue weighted by Gasteiger charge is -2.34. The highest BCUT2D eigenvalue weighted by atomic mass is 19.1. The minimum absolute atomic E-state index is 0.0432. The number of carbonyl (C=O) groups is 2. The number of nitrogens with one attached hydrogen (secondary N) is 2. The maximum atomic E-state index is 16.0. The van der Waals surface area contributed by atoms with Crippen LogP contribution in [0.5, 0.6) is 0 Å². The molecule has 0 aliphatic carbocycles. The molecule has 2 fully saturated rings. The maximum Gasteiger partial charge on any atom is 0.270 e. The summed E-state index contributed by atoms with van der Waals surface area (Å²) in [5, 5.41) is 2.73. The monoisotopic (exact) mass is 495 g/mol. The van der Waals surface area contributed by atoms with Crippen LogP contribution in [0.15, 0.2) is 24.4 Å². The Morgan fingerprint density at radius 2 is 1.86 bits per heavy atom. The van der Waals surface area contributed by atoms with Gasteiger partial charge in [-0.3, -0.25) is 9.59 Å². The second kappa shape index (κ2) is 10.6. The minimum Gasteiger partial charge on any atom is -0.348 e. The highest BCUT2D eigenvalue weighted by molar-refractivity contribution is 5.99. The van der Waals surface area contributed by atoms with E-state index >= 15 is 4.39 Å². The highest BCUT2D eigenvalue weighted by Gasteiger charge is 2.30. The first-order chi connectivity index (χ1) is 17.4. The van der Waals surface area contributed by atoms with Gasteiger partial charge in [0, 0.05) is 63.2 Å². The number of likely N-dealkylation sites (tertiary alicyclic amines) is 2. The van der Waals surface area contributed by atoms with Crippen molar-refractivity contribution < 1.29 is 14.0 Å². The van der Waals surface area contributed by atoms with E-state index in [0.29, 0.717) is 36.3 Å². The van der Waals surface area contributed by atoms with Crippen LogP contribution in [0, 0.1) is 5.82 Å². The van der Waals surface area contributed by atoms with Crippen molar-refractivity contribution in [2.24, 2.45) is 0 Å². The van der Waals surface area contributed by atoms with Crippen molar-refractivity contribution in [1.82, 2.24) is 25.2 Å². The number of rotatable bonds is 6. The molecule has 8 heteroatoms. The number of nitrogens with zero attached hydrogens (tertiary/aromatic N) is 3. The van der Waals surface area contributed by atoms with Crippen molar-refractivity contribution in [3.8, 4) is 0 Å². The first-order valence-corrected chi connectivity index (χ1v) is 13.5. The van der Waals surface area contributed by atoms with E-state index < -0.39 is 0 Å². The van der Waals surface area contributed by atoms with Crippen LogP contribution >= 0.6 is 0 Å². The molecule has 3 aliphatic rings. The molecule has 7 nitrogen and oxygen atoms in total. The lowest BCUT2D eigenvalue weighted by molar-refractivity contribution is -0.132. The van der Waals surface area contributed by atoms with E-state index in [2.05, 4.69) is 24.3 Å². The third-order valence-corrected chi connectivity index (χ3v) is 7.89. The summed E-state index contributed by atoms with van der Waals surface area (Å²) in [6.45, 7) is 8.40. The Morgan fingerprint density at radius 1 is 1.08 bits per heavy atom. The smallest absolute Gasteiger partial charge is 0.270 e. The van der Waals surface area contributed by atoms with Gasteiger partial charge in [0.1, 0.15) is 5.69 Å². The number of benzene rings is 1. The van der Waals surface area contributed by atoms with Crippen molar-refractivity contribution >= 4 is 22.7 Å². The predicted molar refractivity (Wildman–Crippen MR) is 139 cm³/mol. The fraction of sp³-hybridized carbons (Fsp3) is 0.571. The van der Waals surface area contributed by atoms with Gasteiger partial charge < -0.3 is 19.8 Å². The second-order valence-electron chi connectivity index (χ2n) is 10.7. The number of carbonyl (C=O) groups excluding carboxylic acids is 2. The molecule has 194 valence electrons. The number of halogens is 1. The fourth-order valence-corrected chi connectivity index (χ4v) is 5.85. The highest BCUT2D eigenvalue weighted by Crippen LogP contribution is 2.37. The Balaban J connectivity index is 1.39. The molecule has 3 aliphatic heterocycles. The Labute approximate surface area is 212 Å². The molecule has 1 aromatic heterocycles. The molecular weight excluding hydrogens is 457 g/mol.